The van der Waals surface area contributed by atoms with Gasteiger partial charge in [-0.2, -0.15) is 0 Å². The molecule has 0 radical (unpaired) electrons. The molecule has 2 nitrogen and oxygen atoms in total. The van der Waals surface area contributed by atoms with E-state index in [1.165, 1.54) is 87.5 Å². The molecule has 1 aromatic heterocycles. The molecule has 2 heterocycles. The van der Waals surface area contributed by atoms with Gasteiger partial charge >= 0.3 is 0 Å². The van der Waals surface area contributed by atoms with Crippen LogP contribution in [0.2, 0.25) is 0 Å². The minimum atomic E-state index is 0.917. The van der Waals surface area contributed by atoms with Gasteiger partial charge in [-0.25, -0.2) is 0 Å². The maximum Gasteiger partial charge on any atom is 0.0731 e. The van der Waals surface area contributed by atoms with Gasteiger partial charge in [0.05, 0.1) is 5.52 Å². The summed E-state index contributed by atoms with van der Waals surface area (Å²) in [5, 5.41) is 1.22. The Kier molecular flexibility index (Phi) is 8.12. The molecule has 1 saturated heterocycles. The number of para-hydroxylation sites is 1. The third-order valence-corrected chi connectivity index (χ3v) is 7.15. The van der Waals surface area contributed by atoms with Crippen molar-refractivity contribution in [3.8, 4) is 0 Å². The number of benzene rings is 2. The van der Waals surface area contributed by atoms with Gasteiger partial charge in [0.25, 0.3) is 0 Å². The van der Waals surface area contributed by atoms with Crippen LogP contribution in [0.5, 0.6) is 0 Å². The molecule has 2 heteroatoms. The molecule has 1 saturated carbocycles. The first-order chi connectivity index (χ1) is 15.3. The summed E-state index contributed by atoms with van der Waals surface area (Å²) in [5.74, 6) is 1.93. The zero-order chi connectivity index (χ0) is 21.3. The first-order valence-electron chi connectivity index (χ1n) is 12.3. The van der Waals surface area contributed by atoms with Crippen molar-refractivity contribution in [2.45, 2.75) is 58.3 Å². The number of aryl methyl sites for hydroxylation is 1. The van der Waals surface area contributed by atoms with Crippen molar-refractivity contribution in [1.82, 2.24) is 9.88 Å². The second-order valence-electron chi connectivity index (χ2n) is 9.59. The van der Waals surface area contributed by atoms with Crippen molar-refractivity contribution in [3.63, 3.8) is 0 Å². The van der Waals surface area contributed by atoms with E-state index in [1.54, 1.807) is 0 Å². The van der Waals surface area contributed by atoms with Crippen LogP contribution in [0.4, 0.5) is 0 Å². The van der Waals surface area contributed by atoms with Gasteiger partial charge in [-0.3, -0.25) is 4.98 Å². The molecule has 31 heavy (non-hydrogen) atoms. The fourth-order valence-electron chi connectivity index (χ4n) is 5.31. The fourth-order valence-corrected chi connectivity index (χ4v) is 5.31. The lowest BCUT2D eigenvalue weighted by molar-refractivity contribution is 0.145. The molecule has 0 N–H and O–H groups in total. The van der Waals surface area contributed by atoms with Crippen molar-refractivity contribution >= 4 is 10.9 Å². The molecule has 2 aromatic carbocycles. The number of hydrogen-bond donors (Lipinski definition) is 0. The van der Waals surface area contributed by atoms with E-state index >= 15 is 0 Å². The Bertz CT molecular complexity index is 901. The summed E-state index contributed by atoms with van der Waals surface area (Å²) in [7, 11) is 0. The van der Waals surface area contributed by atoms with Crippen LogP contribution >= 0.6 is 0 Å². The second kappa shape index (κ2) is 11.4. The van der Waals surface area contributed by atoms with Crippen molar-refractivity contribution < 1.29 is 0 Å². The summed E-state index contributed by atoms with van der Waals surface area (Å²) in [5.41, 5.74) is 3.87. The minimum absolute atomic E-state index is 0.917. The van der Waals surface area contributed by atoms with Crippen molar-refractivity contribution in [2.24, 2.45) is 11.8 Å². The highest BCUT2D eigenvalue weighted by atomic mass is 15.1. The molecule has 0 bridgehead atoms. The largest absolute Gasteiger partial charge is 0.303 e. The highest BCUT2D eigenvalue weighted by Gasteiger charge is 2.22. The predicted octanol–water partition coefficient (Wildman–Crippen LogP) is 7.06. The lowest BCUT2D eigenvalue weighted by Crippen LogP contribution is -2.38. The Morgan fingerprint density at radius 1 is 0.774 bits per heavy atom. The van der Waals surface area contributed by atoms with Crippen molar-refractivity contribution in [1.29, 1.82) is 0 Å². The highest BCUT2D eigenvalue weighted by molar-refractivity contribution is 5.81. The maximum absolute atomic E-state index is 4.28. The summed E-state index contributed by atoms with van der Waals surface area (Å²) >= 11 is 0. The zero-order valence-corrected chi connectivity index (χ0v) is 19.2. The molecule has 164 valence electrons. The number of aromatic nitrogens is 1. The van der Waals surface area contributed by atoms with Gasteiger partial charge in [-0.15, -0.1) is 0 Å². The summed E-state index contributed by atoms with van der Waals surface area (Å²) in [6, 6.07) is 21.3. The van der Waals surface area contributed by atoms with Crippen LogP contribution in [0, 0.1) is 18.8 Å². The first-order valence-corrected chi connectivity index (χ1v) is 12.3. The molecular weight excluding hydrogens is 376 g/mol. The smallest absolute Gasteiger partial charge is 0.0731 e. The predicted molar refractivity (Wildman–Crippen MR) is 132 cm³/mol. The van der Waals surface area contributed by atoms with Crippen LogP contribution in [0.1, 0.15) is 56.1 Å². The van der Waals surface area contributed by atoms with Crippen LogP contribution in [-0.4, -0.2) is 29.5 Å². The van der Waals surface area contributed by atoms with Crippen LogP contribution < -0.4 is 0 Å². The average molecular weight is 415 g/mol. The zero-order valence-electron chi connectivity index (χ0n) is 19.2. The standard InChI is InChI=1S/C19H29N.C10H9N/c1-3-7-17(8-4-1)15-18-11-13-20(14-12-18)16-19-9-5-2-6-10-19;1-8-4-2-5-9-6-3-7-11-10(8)9/h1,3-4,7-8,18-19H,2,5-6,9-16H2;2-7H,1H3. The van der Waals surface area contributed by atoms with E-state index in [4.69, 9.17) is 0 Å². The van der Waals surface area contributed by atoms with Crippen molar-refractivity contribution in [2.75, 3.05) is 19.6 Å². The molecule has 1 aliphatic carbocycles. The summed E-state index contributed by atoms with van der Waals surface area (Å²) in [4.78, 5) is 7.03. The molecule has 5 rings (SSSR count). The molecular formula is C29H38N2. The van der Waals surface area contributed by atoms with E-state index < -0.39 is 0 Å². The maximum atomic E-state index is 4.28. The van der Waals surface area contributed by atoms with Gasteiger partial charge in [0, 0.05) is 18.1 Å². The number of rotatable bonds is 4. The van der Waals surface area contributed by atoms with E-state index in [9.17, 15) is 0 Å². The van der Waals surface area contributed by atoms with Gasteiger partial charge in [0.1, 0.15) is 0 Å². The molecule has 0 unspecified atom stereocenters. The van der Waals surface area contributed by atoms with Gasteiger partial charge in [-0.1, -0.05) is 73.9 Å². The topological polar surface area (TPSA) is 16.1 Å². The molecule has 0 spiro atoms. The number of likely N-dealkylation sites (tertiary alicyclic amines) is 1. The lowest BCUT2D eigenvalue weighted by atomic mass is 9.87. The minimum Gasteiger partial charge on any atom is -0.303 e. The quantitative estimate of drug-likeness (QED) is 0.454. The lowest BCUT2D eigenvalue weighted by Gasteiger charge is -2.35. The van der Waals surface area contributed by atoms with E-state index in [0.29, 0.717) is 0 Å². The molecule has 1 aliphatic heterocycles. The highest BCUT2D eigenvalue weighted by Crippen LogP contribution is 2.27. The van der Waals surface area contributed by atoms with Crippen LogP contribution in [0.25, 0.3) is 10.9 Å². The van der Waals surface area contributed by atoms with Gasteiger partial charge in [0.15, 0.2) is 0 Å². The Labute approximate surface area is 188 Å². The number of hydrogen-bond acceptors (Lipinski definition) is 2. The number of pyridine rings is 1. The number of piperidine rings is 1. The summed E-state index contributed by atoms with van der Waals surface area (Å²) in [6.07, 6.45) is 13.4. The third-order valence-electron chi connectivity index (χ3n) is 7.15. The molecule has 2 fully saturated rings. The van der Waals surface area contributed by atoms with Crippen molar-refractivity contribution in [3.05, 3.63) is 78.0 Å². The van der Waals surface area contributed by atoms with Crippen LogP contribution in [-0.2, 0) is 6.42 Å². The monoisotopic (exact) mass is 414 g/mol. The molecule has 2 aliphatic rings. The Balaban J connectivity index is 0.000000177. The van der Waals surface area contributed by atoms with Crippen LogP contribution in [0.3, 0.4) is 0 Å². The van der Waals surface area contributed by atoms with E-state index in [-0.39, 0.29) is 0 Å². The van der Waals surface area contributed by atoms with E-state index in [1.807, 2.05) is 12.3 Å². The first kappa shape index (κ1) is 22.0. The summed E-state index contributed by atoms with van der Waals surface area (Å²) < 4.78 is 0. The average Bonchev–Trinajstić information content (AvgIpc) is 2.83. The van der Waals surface area contributed by atoms with Crippen LogP contribution in [0.15, 0.2) is 66.9 Å². The Morgan fingerprint density at radius 2 is 1.52 bits per heavy atom. The summed E-state index contributed by atoms with van der Waals surface area (Å²) in [6.45, 7) is 6.15. The van der Waals surface area contributed by atoms with Gasteiger partial charge in [0.2, 0.25) is 0 Å². The second-order valence-corrected chi connectivity index (χ2v) is 9.59. The molecule has 0 atom stereocenters. The Morgan fingerprint density at radius 3 is 2.26 bits per heavy atom. The molecule has 0 amide bonds. The SMILES string of the molecule is Cc1cccc2cccnc12.c1ccc(CC2CCN(CC3CCCCC3)CC2)cc1. The third kappa shape index (κ3) is 6.64. The number of nitrogens with zero attached hydrogens (tertiary/aromatic N) is 2. The van der Waals surface area contributed by atoms with E-state index in [0.717, 1.165) is 17.4 Å². The Hall–Kier alpha value is -2.19. The normalized spacial score (nSPS) is 18.5. The van der Waals surface area contributed by atoms with Gasteiger partial charge < -0.3 is 4.90 Å². The van der Waals surface area contributed by atoms with E-state index in [2.05, 4.69) is 71.4 Å². The fraction of sp³-hybridized carbons (Fsp3) is 0.483. The van der Waals surface area contributed by atoms with Gasteiger partial charge in [-0.05, 0) is 81.1 Å². The molecule has 3 aromatic rings. The number of fused-ring (bicyclic) bond motifs is 1.